The Morgan fingerprint density at radius 1 is 0.962 bits per heavy atom. The number of halogens is 1. The van der Waals surface area contributed by atoms with Crippen molar-refractivity contribution in [2.24, 2.45) is 0 Å². The van der Waals surface area contributed by atoms with Gasteiger partial charge in [0.15, 0.2) is 0 Å². The minimum Gasteiger partial charge on any atom is -0.327 e. The van der Waals surface area contributed by atoms with E-state index in [0.717, 1.165) is 22.4 Å². The maximum atomic E-state index is 10.9. The van der Waals surface area contributed by atoms with Crippen molar-refractivity contribution in [1.29, 1.82) is 0 Å². The Labute approximate surface area is 156 Å². The van der Waals surface area contributed by atoms with Gasteiger partial charge in [-0.1, -0.05) is 48.0 Å². The van der Waals surface area contributed by atoms with Crippen LogP contribution >= 0.6 is 11.6 Å². The van der Waals surface area contributed by atoms with Crippen molar-refractivity contribution in [3.8, 4) is 11.4 Å². The van der Waals surface area contributed by atoms with Crippen molar-refractivity contribution in [2.75, 3.05) is 5.32 Å². The predicted molar refractivity (Wildman–Crippen MR) is 105 cm³/mol. The van der Waals surface area contributed by atoms with Crippen molar-refractivity contribution in [3.63, 3.8) is 0 Å². The normalized spacial score (nSPS) is 10.8. The van der Waals surface area contributed by atoms with Crippen LogP contribution in [0, 0.1) is 0 Å². The zero-order valence-corrected chi connectivity index (χ0v) is 14.6. The predicted octanol–water partition coefficient (Wildman–Crippen LogP) is 4.97. The van der Waals surface area contributed by atoms with Crippen LogP contribution in [0.15, 0.2) is 72.8 Å². The van der Waals surface area contributed by atoms with Crippen LogP contribution in [0.25, 0.3) is 22.4 Å². The Morgan fingerprint density at radius 3 is 2.46 bits per heavy atom. The molecule has 0 aliphatic carbocycles. The first kappa shape index (κ1) is 16.4. The van der Waals surface area contributed by atoms with Crippen LogP contribution in [-0.4, -0.2) is 16.0 Å². The molecule has 3 aromatic carbocycles. The van der Waals surface area contributed by atoms with Crippen LogP contribution in [0.3, 0.4) is 0 Å². The minimum absolute atomic E-state index is 0.674. The smallest absolute Gasteiger partial charge is 0.211 e. The number of benzene rings is 3. The Hall–Kier alpha value is -3.11. The van der Waals surface area contributed by atoms with E-state index in [9.17, 15) is 4.79 Å². The third kappa shape index (κ3) is 3.07. The third-order valence-corrected chi connectivity index (χ3v) is 4.53. The van der Waals surface area contributed by atoms with Gasteiger partial charge < -0.3 is 9.88 Å². The summed E-state index contributed by atoms with van der Waals surface area (Å²) in [7, 11) is 0. The molecule has 4 aromatic rings. The van der Waals surface area contributed by atoms with Crippen molar-refractivity contribution in [2.45, 2.75) is 6.54 Å². The lowest BCUT2D eigenvalue weighted by atomic mass is 10.2. The fourth-order valence-electron chi connectivity index (χ4n) is 3.07. The number of para-hydroxylation sites is 1. The summed E-state index contributed by atoms with van der Waals surface area (Å²) in [6.45, 7) is 0.680. The Bertz CT molecular complexity index is 1060. The first-order valence-corrected chi connectivity index (χ1v) is 8.63. The van der Waals surface area contributed by atoms with Crippen LogP contribution in [0.4, 0.5) is 5.69 Å². The average Bonchev–Trinajstić information content (AvgIpc) is 3.03. The SMILES string of the molecule is O=CNc1cccc2c1nc(-c1ccc(Cl)cc1)n2Cc1ccccc1. The monoisotopic (exact) mass is 361 g/mol. The van der Waals surface area contributed by atoms with Gasteiger partial charge in [0.25, 0.3) is 0 Å². The largest absolute Gasteiger partial charge is 0.327 e. The lowest BCUT2D eigenvalue weighted by Gasteiger charge is -2.10. The summed E-state index contributed by atoms with van der Waals surface area (Å²) in [5, 5.41) is 3.42. The number of imidazole rings is 1. The number of carbonyl (C=O) groups is 1. The molecule has 0 fully saturated rings. The van der Waals surface area contributed by atoms with Crippen LogP contribution in [0.1, 0.15) is 5.56 Å². The Morgan fingerprint density at radius 2 is 1.73 bits per heavy atom. The molecule has 0 saturated heterocycles. The summed E-state index contributed by atoms with van der Waals surface area (Å²) in [5.41, 5.74) is 4.57. The summed E-state index contributed by atoms with van der Waals surface area (Å²) in [4.78, 5) is 15.8. The van der Waals surface area contributed by atoms with Gasteiger partial charge in [-0.15, -0.1) is 0 Å². The molecule has 0 saturated carbocycles. The maximum Gasteiger partial charge on any atom is 0.211 e. The molecule has 0 unspecified atom stereocenters. The highest BCUT2D eigenvalue weighted by Crippen LogP contribution is 2.30. The Balaban J connectivity index is 1.93. The summed E-state index contributed by atoms with van der Waals surface area (Å²) >= 11 is 6.04. The quantitative estimate of drug-likeness (QED) is 0.510. The van der Waals surface area contributed by atoms with Gasteiger partial charge in [0, 0.05) is 17.1 Å². The molecule has 0 aliphatic rings. The highest BCUT2D eigenvalue weighted by Gasteiger charge is 2.15. The number of fused-ring (bicyclic) bond motifs is 1. The molecule has 0 spiro atoms. The fraction of sp³-hybridized carbons (Fsp3) is 0.0476. The van der Waals surface area contributed by atoms with E-state index in [-0.39, 0.29) is 0 Å². The van der Waals surface area contributed by atoms with Crippen LogP contribution in [0.5, 0.6) is 0 Å². The van der Waals surface area contributed by atoms with Crippen molar-refractivity contribution >= 4 is 34.7 Å². The molecule has 0 bridgehead atoms. The van der Waals surface area contributed by atoms with Crippen LogP contribution < -0.4 is 5.32 Å². The minimum atomic E-state index is 0.674. The maximum absolute atomic E-state index is 10.9. The third-order valence-electron chi connectivity index (χ3n) is 4.28. The molecule has 5 heteroatoms. The number of aromatic nitrogens is 2. The molecular weight excluding hydrogens is 346 g/mol. The highest BCUT2D eigenvalue weighted by molar-refractivity contribution is 6.30. The van der Waals surface area contributed by atoms with Gasteiger partial charge >= 0.3 is 0 Å². The molecule has 26 heavy (non-hydrogen) atoms. The van der Waals surface area contributed by atoms with E-state index in [0.29, 0.717) is 23.7 Å². The van der Waals surface area contributed by atoms with Gasteiger partial charge in [0.05, 0.1) is 11.2 Å². The molecule has 0 radical (unpaired) electrons. The number of anilines is 1. The van der Waals surface area contributed by atoms with E-state index in [1.165, 1.54) is 5.56 Å². The van der Waals surface area contributed by atoms with Gasteiger partial charge in [-0.2, -0.15) is 0 Å². The standard InChI is InChI=1S/C21H16ClN3O/c22-17-11-9-16(10-12-17)21-24-20-18(23-14-26)7-4-8-19(20)25(21)13-15-5-2-1-3-6-15/h1-12,14H,13H2,(H,23,26). The lowest BCUT2D eigenvalue weighted by molar-refractivity contribution is -0.105. The van der Waals surface area contributed by atoms with Gasteiger partial charge in [0.1, 0.15) is 11.3 Å². The number of hydrogen-bond acceptors (Lipinski definition) is 2. The number of amides is 1. The second-order valence-electron chi connectivity index (χ2n) is 5.95. The second kappa shape index (κ2) is 7.02. The zero-order chi connectivity index (χ0) is 17.9. The molecule has 1 aromatic heterocycles. The summed E-state index contributed by atoms with van der Waals surface area (Å²) < 4.78 is 2.16. The number of hydrogen-bond donors (Lipinski definition) is 1. The van der Waals surface area contributed by atoms with Crippen molar-refractivity contribution in [1.82, 2.24) is 9.55 Å². The van der Waals surface area contributed by atoms with Gasteiger partial charge in [-0.3, -0.25) is 4.79 Å². The van der Waals surface area contributed by atoms with E-state index in [4.69, 9.17) is 16.6 Å². The van der Waals surface area contributed by atoms with E-state index >= 15 is 0 Å². The van der Waals surface area contributed by atoms with Crippen LogP contribution in [0.2, 0.25) is 5.02 Å². The summed E-state index contributed by atoms with van der Waals surface area (Å²) in [6.07, 6.45) is 0.674. The topological polar surface area (TPSA) is 46.9 Å². The molecule has 1 N–H and O–H groups in total. The summed E-state index contributed by atoms with van der Waals surface area (Å²) in [6, 6.07) is 23.6. The molecule has 4 rings (SSSR count). The van der Waals surface area contributed by atoms with Gasteiger partial charge in [0.2, 0.25) is 6.41 Å². The zero-order valence-electron chi connectivity index (χ0n) is 13.9. The number of rotatable bonds is 5. The second-order valence-corrected chi connectivity index (χ2v) is 6.39. The molecule has 0 aliphatic heterocycles. The first-order chi connectivity index (χ1) is 12.8. The fourth-order valence-corrected chi connectivity index (χ4v) is 3.20. The van der Waals surface area contributed by atoms with Crippen molar-refractivity contribution in [3.05, 3.63) is 83.4 Å². The highest BCUT2D eigenvalue weighted by atomic mass is 35.5. The average molecular weight is 362 g/mol. The van der Waals surface area contributed by atoms with Gasteiger partial charge in [-0.25, -0.2) is 4.98 Å². The van der Waals surface area contributed by atoms with Crippen LogP contribution in [-0.2, 0) is 11.3 Å². The van der Waals surface area contributed by atoms with E-state index < -0.39 is 0 Å². The van der Waals surface area contributed by atoms with Crippen molar-refractivity contribution < 1.29 is 4.79 Å². The van der Waals surface area contributed by atoms with E-state index in [1.807, 2.05) is 60.7 Å². The van der Waals surface area contributed by atoms with E-state index in [1.54, 1.807) is 0 Å². The number of carbonyl (C=O) groups excluding carboxylic acids is 1. The molecule has 1 heterocycles. The molecule has 1 amide bonds. The first-order valence-electron chi connectivity index (χ1n) is 8.25. The molecule has 128 valence electrons. The Kier molecular flexibility index (Phi) is 4.42. The molecule has 0 atom stereocenters. The van der Waals surface area contributed by atoms with E-state index in [2.05, 4.69) is 22.0 Å². The number of nitrogens with zero attached hydrogens (tertiary/aromatic N) is 2. The van der Waals surface area contributed by atoms with Gasteiger partial charge in [-0.05, 0) is 42.0 Å². The molecular formula is C21H16ClN3O. The number of nitrogens with one attached hydrogen (secondary N) is 1. The molecule has 4 nitrogen and oxygen atoms in total. The lowest BCUT2D eigenvalue weighted by Crippen LogP contribution is -2.02. The summed E-state index contributed by atoms with van der Waals surface area (Å²) in [5.74, 6) is 0.834.